The second kappa shape index (κ2) is 3.78. The SMILES string of the molecule is CCCCC1[C@H](CNC)C1(C)C. The van der Waals surface area contributed by atoms with Gasteiger partial charge in [-0.15, -0.1) is 0 Å². The fourth-order valence-corrected chi connectivity index (χ4v) is 2.48. The molecule has 1 saturated carbocycles. The van der Waals surface area contributed by atoms with Crippen molar-refractivity contribution < 1.29 is 0 Å². The molecule has 0 aromatic heterocycles. The molecule has 0 aromatic rings. The zero-order chi connectivity index (χ0) is 9.19. The molecule has 0 aromatic carbocycles. The Hall–Kier alpha value is -0.0400. The Morgan fingerprint density at radius 1 is 1.25 bits per heavy atom. The van der Waals surface area contributed by atoms with Crippen LogP contribution in [0.1, 0.15) is 40.0 Å². The van der Waals surface area contributed by atoms with Crippen molar-refractivity contribution in [2.45, 2.75) is 40.0 Å². The molecule has 1 unspecified atom stereocenters. The fourth-order valence-electron chi connectivity index (χ4n) is 2.48. The summed E-state index contributed by atoms with van der Waals surface area (Å²) in [5.74, 6) is 1.93. The van der Waals surface area contributed by atoms with Gasteiger partial charge in [-0.05, 0) is 37.3 Å². The van der Waals surface area contributed by atoms with Crippen molar-refractivity contribution in [2.75, 3.05) is 13.6 Å². The molecule has 12 heavy (non-hydrogen) atoms. The van der Waals surface area contributed by atoms with Gasteiger partial charge in [0.1, 0.15) is 0 Å². The van der Waals surface area contributed by atoms with Crippen molar-refractivity contribution in [1.29, 1.82) is 0 Å². The lowest BCUT2D eigenvalue weighted by Crippen LogP contribution is -2.12. The molecule has 0 aliphatic heterocycles. The van der Waals surface area contributed by atoms with E-state index in [1.807, 2.05) is 0 Å². The molecular weight excluding hydrogens is 146 g/mol. The third kappa shape index (κ3) is 1.82. The van der Waals surface area contributed by atoms with Gasteiger partial charge in [0.05, 0.1) is 0 Å². The zero-order valence-corrected chi connectivity index (χ0v) is 8.98. The van der Waals surface area contributed by atoms with E-state index in [1.165, 1.54) is 25.8 Å². The number of hydrogen-bond donors (Lipinski definition) is 1. The minimum absolute atomic E-state index is 0.623. The lowest BCUT2D eigenvalue weighted by Gasteiger charge is -2.00. The molecule has 0 heterocycles. The van der Waals surface area contributed by atoms with Gasteiger partial charge < -0.3 is 5.32 Å². The second-order valence-corrected chi connectivity index (χ2v) is 4.73. The first-order valence-electron chi connectivity index (χ1n) is 5.29. The topological polar surface area (TPSA) is 12.0 Å². The number of unbranched alkanes of at least 4 members (excludes halogenated alkanes) is 1. The highest BCUT2D eigenvalue weighted by Gasteiger charge is 2.55. The molecule has 0 saturated heterocycles. The average molecular weight is 169 g/mol. The molecule has 1 N–H and O–H groups in total. The van der Waals surface area contributed by atoms with Crippen molar-refractivity contribution >= 4 is 0 Å². The highest BCUT2D eigenvalue weighted by molar-refractivity contribution is 5.05. The number of nitrogens with one attached hydrogen (secondary N) is 1. The molecule has 0 bridgehead atoms. The van der Waals surface area contributed by atoms with Crippen molar-refractivity contribution in [1.82, 2.24) is 5.32 Å². The number of rotatable bonds is 5. The van der Waals surface area contributed by atoms with Gasteiger partial charge in [0.15, 0.2) is 0 Å². The van der Waals surface area contributed by atoms with Crippen LogP contribution in [0.25, 0.3) is 0 Å². The van der Waals surface area contributed by atoms with Gasteiger partial charge in [-0.25, -0.2) is 0 Å². The van der Waals surface area contributed by atoms with E-state index in [-0.39, 0.29) is 0 Å². The van der Waals surface area contributed by atoms with Crippen molar-refractivity contribution in [3.8, 4) is 0 Å². The van der Waals surface area contributed by atoms with Gasteiger partial charge >= 0.3 is 0 Å². The molecular formula is C11H23N. The fraction of sp³-hybridized carbons (Fsp3) is 1.00. The molecule has 1 fully saturated rings. The Labute approximate surface area is 76.9 Å². The summed E-state index contributed by atoms with van der Waals surface area (Å²) in [5.41, 5.74) is 0.623. The van der Waals surface area contributed by atoms with Crippen LogP contribution in [-0.2, 0) is 0 Å². The predicted octanol–water partition coefficient (Wildman–Crippen LogP) is 2.67. The maximum absolute atomic E-state index is 3.29. The largest absolute Gasteiger partial charge is 0.319 e. The summed E-state index contributed by atoms with van der Waals surface area (Å²) >= 11 is 0. The first kappa shape index (κ1) is 10.0. The Kier molecular flexibility index (Phi) is 3.16. The van der Waals surface area contributed by atoms with Crippen LogP contribution >= 0.6 is 0 Å². The van der Waals surface area contributed by atoms with Gasteiger partial charge in [0, 0.05) is 0 Å². The van der Waals surface area contributed by atoms with E-state index in [1.54, 1.807) is 0 Å². The summed E-state index contributed by atoms with van der Waals surface area (Å²) in [6.07, 6.45) is 4.20. The van der Waals surface area contributed by atoms with Crippen molar-refractivity contribution in [3.63, 3.8) is 0 Å². The van der Waals surface area contributed by atoms with E-state index in [0.29, 0.717) is 5.41 Å². The van der Waals surface area contributed by atoms with Crippen LogP contribution in [0.15, 0.2) is 0 Å². The monoisotopic (exact) mass is 169 g/mol. The van der Waals surface area contributed by atoms with E-state index in [0.717, 1.165) is 11.8 Å². The third-order valence-electron chi connectivity index (χ3n) is 3.58. The van der Waals surface area contributed by atoms with Gasteiger partial charge in [0.2, 0.25) is 0 Å². The summed E-state index contributed by atoms with van der Waals surface area (Å²) in [7, 11) is 2.06. The minimum atomic E-state index is 0.623. The predicted molar refractivity (Wildman–Crippen MR) is 54.2 cm³/mol. The van der Waals surface area contributed by atoms with E-state index >= 15 is 0 Å². The third-order valence-corrected chi connectivity index (χ3v) is 3.58. The molecule has 0 radical (unpaired) electrons. The van der Waals surface area contributed by atoms with Crippen molar-refractivity contribution in [2.24, 2.45) is 17.3 Å². The highest BCUT2D eigenvalue weighted by atomic mass is 14.9. The smallest absolute Gasteiger partial charge is 0.00155 e. The van der Waals surface area contributed by atoms with Crippen LogP contribution in [0.5, 0.6) is 0 Å². The Balaban J connectivity index is 2.27. The highest BCUT2D eigenvalue weighted by Crippen LogP contribution is 2.59. The van der Waals surface area contributed by atoms with Gasteiger partial charge in [-0.3, -0.25) is 0 Å². The molecule has 2 atom stereocenters. The van der Waals surface area contributed by atoms with Crippen LogP contribution in [0.4, 0.5) is 0 Å². The minimum Gasteiger partial charge on any atom is -0.319 e. The molecule has 1 rings (SSSR count). The summed E-state index contributed by atoms with van der Waals surface area (Å²) < 4.78 is 0. The molecule has 1 heteroatoms. The Bertz CT molecular complexity index is 140. The van der Waals surface area contributed by atoms with E-state index < -0.39 is 0 Å². The standard InChI is InChI=1S/C11H23N/c1-5-6-7-9-10(8-12-4)11(9,2)3/h9-10,12H,5-8H2,1-4H3/t9?,10-/m0/s1. The average Bonchev–Trinajstić information content (AvgIpc) is 2.51. The first-order valence-corrected chi connectivity index (χ1v) is 5.29. The molecule has 72 valence electrons. The molecule has 1 nitrogen and oxygen atoms in total. The zero-order valence-electron chi connectivity index (χ0n) is 8.98. The molecule has 0 spiro atoms. The summed E-state index contributed by atoms with van der Waals surface area (Å²) in [6.45, 7) is 8.31. The van der Waals surface area contributed by atoms with Gasteiger partial charge in [-0.1, -0.05) is 33.6 Å². The van der Waals surface area contributed by atoms with Crippen LogP contribution in [0.3, 0.4) is 0 Å². The van der Waals surface area contributed by atoms with Gasteiger partial charge in [-0.2, -0.15) is 0 Å². The molecule has 1 aliphatic carbocycles. The van der Waals surface area contributed by atoms with E-state index in [4.69, 9.17) is 0 Å². The summed E-state index contributed by atoms with van der Waals surface area (Å²) in [4.78, 5) is 0. The summed E-state index contributed by atoms with van der Waals surface area (Å²) in [5, 5.41) is 3.29. The van der Waals surface area contributed by atoms with Crippen LogP contribution in [0.2, 0.25) is 0 Å². The molecule has 0 amide bonds. The number of hydrogen-bond acceptors (Lipinski definition) is 1. The maximum Gasteiger partial charge on any atom is -0.00155 e. The maximum atomic E-state index is 3.29. The van der Waals surface area contributed by atoms with Gasteiger partial charge in [0.25, 0.3) is 0 Å². The van der Waals surface area contributed by atoms with E-state index in [2.05, 4.69) is 33.1 Å². The molecule has 1 aliphatic rings. The first-order chi connectivity index (χ1) is 5.64. The quantitative estimate of drug-likeness (QED) is 0.667. The second-order valence-electron chi connectivity index (χ2n) is 4.73. The van der Waals surface area contributed by atoms with Crippen molar-refractivity contribution in [3.05, 3.63) is 0 Å². The van der Waals surface area contributed by atoms with Crippen LogP contribution in [-0.4, -0.2) is 13.6 Å². The lowest BCUT2D eigenvalue weighted by atomic mass is 10.1. The Morgan fingerprint density at radius 3 is 2.42 bits per heavy atom. The normalized spacial score (nSPS) is 32.0. The van der Waals surface area contributed by atoms with E-state index in [9.17, 15) is 0 Å². The van der Waals surface area contributed by atoms with Crippen LogP contribution in [0, 0.1) is 17.3 Å². The lowest BCUT2D eigenvalue weighted by molar-refractivity contribution is 0.507. The Morgan fingerprint density at radius 2 is 1.92 bits per heavy atom. The van der Waals surface area contributed by atoms with Crippen LogP contribution < -0.4 is 5.32 Å². The summed E-state index contributed by atoms with van der Waals surface area (Å²) in [6, 6.07) is 0.